The van der Waals surface area contributed by atoms with Gasteiger partial charge in [0, 0.05) is 17.6 Å². The number of carbonyl (C=O) groups is 1. The molecule has 0 radical (unpaired) electrons. The van der Waals surface area contributed by atoms with Gasteiger partial charge in [0.15, 0.2) is 11.5 Å². The first-order valence-electron chi connectivity index (χ1n) is 7.20. The fourth-order valence-corrected chi connectivity index (χ4v) is 2.78. The molecule has 1 aliphatic heterocycles. The monoisotopic (exact) mass is 276 g/mol. The van der Waals surface area contributed by atoms with Crippen molar-refractivity contribution in [3.63, 3.8) is 0 Å². The Balaban J connectivity index is 1.70. The van der Waals surface area contributed by atoms with Crippen molar-refractivity contribution in [2.45, 2.75) is 37.8 Å². The van der Waals surface area contributed by atoms with Gasteiger partial charge in [0.1, 0.15) is 13.2 Å². The maximum absolute atomic E-state index is 12.3. The molecule has 1 saturated carbocycles. The summed E-state index contributed by atoms with van der Waals surface area (Å²) in [4.78, 5) is 12.3. The highest BCUT2D eigenvalue weighted by Crippen LogP contribution is 2.30. The molecule has 1 aromatic carbocycles. The number of hydrogen-bond acceptors (Lipinski definition) is 4. The lowest BCUT2D eigenvalue weighted by Crippen LogP contribution is -2.49. The van der Waals surface area contributed by atoms with Gasteiger partial charge in [-0.05, 0) is 31.0 Å². The Bertz CT molecular complexity index is 504. The number of amides is 1. The summed E-state index contributed by atoms with van der Waals surface area (Å²) in [5.41, 5.74) is 6.65. The lowest BCUT2D eigenvalue weighted by atomic mass is 9.91. The first-order valence-corrected chi connectivity index (χ1v) is 7.20. The van der Waals surface area contributed by atoms with Crippen LogP contribution in [-0.4, -0.2) is 31.2 Å². The van der Waals surface area contributed by atoms with Gasteiger partial charge >= 0.3 is 0 Å². The summed E-state index contributed by atoms with van der Waals surface area (Å²) in [6.07, 6.45) is 4.21. The van der Waals surface area contributed by atoms with Gasteiger partial charge in [-0.1, -0.05) is 12.8 Å². The maximum atomic E-state index is 12.3. The standard InChI is InChI=1S/C15H20N2O3/c16-11-3-1-2-4-12(11)17-15(18)10-5-6-13-14(9-10)20-8-7-19-13/h5-6,9,11-12H,1-4,7-8,16H2,(H,17,18). The molecule has 0 saturated heterocycles. The van der Waals surface area contributed by atoms with Gasteiger partial charge in [0.05, 0.1) is 0 Å². The molecule has 2 aliphatic rings. The van der Waals surface area contributed by atoms with Crippen molar-refractivity contribution in [1.29, 1.82) is 0 Å². The molecule has 3 N–H and O–H groups in total. The number of nitrogens with two attached hydrogens (primary N) is 1. The van der Waals surface area contributed by atoms with Crippen LogP contribution in [0.1, 0.15) is 36.0 Å². The highest BCUT2D eigenvalue weighted by Gasteiger charge is 2.24. The summed E-state index contributed by atoms with van der Waals surface area (Å²) >= 11 is 0. The van der Waals surface area contributed by atoms with Crippen molar-refractivity contribution >= 4 is 5.91 Å². The quantitative estimate of drug-likeness (QED) is 0.857. The predicted molar refractivity (Wildman–Crippen MR) is 75.1 cm³/mol. The Labute approximate surface area is 118 Å². The van der Waals surface area contributed by atoms with E-state index in [0.29, 0.717) is 30.3 Å². The highest BCUT2D eigenvalue weighted by molar-refractivity contribution is 5.95. The largest absolute Gasteiger partial charge is 0.486 e. The molecule has 0 aromatic heterocycles. The lowest BCUT2D eigenvalue weighted by molar-refractivity contribution is 0.0920. The van der Waals surface area contributed by atoms with Gasteiger partial charge in [-0.2, -0.15) is 0 Å². The molecule has 2 atom stereocenters. The molecule has 2 unspecified atom stereocenters. The van der Waals surface area contributed by atoms with E-state index < -0.39 is 0 Å². The molecule has 1 aliphatic carbocycles. The third kappa shape index (κ3) is 2.72. The first-order chi connectivity index (χ1) is 9.74. The zero-order chi connectivity index (χ0) is 13.9. The molecule has 1 amide bonds. The number of hydrogen-bond donors (Lipinski definition) is 2. The molecular formula is C15H20N2O3. The molecule has 108 valence electrons. The van der Waals surface area contributed by atoms with E-state index in [2.05, 4.69) is 5.32 Å². The lowest BCUT2D eigenvalue weighted by Gasteiger charge is -2.29. The number of rotatable bonds is 2. The third-order valence-corrected chi connectivity index (χ3v) is 3.94. The predicted octanol–water partition coefficient (Wildman–Crippen LogP) is 1.46. The van der Waals surface area contributed by atoms with E-state index in [4.69, 9.17) is 15.2 Å². The zero-order valence-electron chi connectivity index (χ0n) is 11.4. The average Bonchev–Trinajstić information content (AvgIpc) is 2.49. The smallest absolute Gasteiger partial charge is 0.251 e. The second kappa shape index (κ2) is 5.71. The number of fused-ring (bicyclic) bond motifs is 1. The van der Waals surface area contributed by atoms with Gasteiger partial charge in [0.25, 0.3) is 5.91 Å². The zero-order valence-corrected chi connectivity index (χ0v) is 11.4. The minimum absolute atomic E-state index is 0.0601. The normalized spacial score (nSPS) is 25.1. The van der Waals surface area contributed by atoms with Crippen molar-refractivity contribution in [1.82, 2.24) is 5.32 Å². The average molecular weight is 276 g/mol. The topological polar surface area (TPSA) is 73.6 Å². The molecule has 0 bridgehead atoms. The molecule has 20 heavy (non-hydrogen) atoms. The minimum Gasteiger partial charge on any atom is -0.486 e. The van der Waals surface area contributed by atoms with Gasteiger partial charge < -0.3 is 20.5 Å². The van der Waals surface area contributed by atoms with Crippen LogP contribution in [0.25, 0.3) is 0 Å². The van der Waals surface area contributed by atoms with Crippen LogP contribution in [0, 0.1) is 0 Å². The van der Waals surface area contributed by atoms with Crippen LogP contribution in [0.2, 0.25) is 0 Å². The Morgan fingerprint density at radius 1 is 1.15 bits per heavy atom. The third-order valence-electron chi connectivity index (χ3n) is 3.94. The Hall–Kier alpha value is -1.75. The van der Waals surface area contributed by atoms with Gasteiger partial charge in [0.2, 0.25) is 0 Å². The summed E-state index contributed by atoms with van der Waals surface area (Å²) in [6.45, 7) is 1.07. The number of carbonyl (C=O) groups excluding carboxylic acids is 1. The second-order valence-corrected chi connectivity index (χ2v) is 5.39. The Morgan fingerprint density at radius 3 is 2.70 bits per heavy atom. The summed E-state index contributed by atoms with van der Waals surface area (Å²) in [7, 11) is 0. The van der Waals surface area contributed by atoms with Crippen molar-refractivity contribution in [2.24, 2.45) is 5.73 Å². The molecule has 0 spiro atoms. The van der Waals surface area contributed by atoms with Crippen LogP contribution >= 0.6 is 0 Å². The maximum Gasteiger partial charge on any atom is 0.251 e. The van der Waals surface area contributed by atoms with Crippen molar-refractivity contribution in [2.75, 3.05) is 13.2 Å². The molecular weight excluding hydrogens is 256 g/mol. The van der Waals surface area contributed by atoms with Gasteiger partial charge in [-0.3, -0.25) is 4.79 Å². The molecule has 1 aromatic rings. The van der Waals surface area contributed by atoms with Crippen LogP contribution in [0.3, 0.4) is 0 Å². The molecule has 5 heteroatoms. The molecule has 5 nitrogen and oxygen atoms in total. The summed E-state index contributed by atoms with van der Waals surface area (Å²) in [5, 5.41) is 3.03. The van der Waals surface area contributed by atoms with E-state index in [1.165, 1.54) is 0 Å². The van der Waals surface area contributed by atoms with E-state index >= 15 is 0 Å². The van der Waals surface area contributed by atoms with Crippen molar-refractivity contribution in [3.8, 4) is 11.5 Å². The van der Waals surface area contributed by atoms with Crippen molar-refractivity contribution < 1.29 is 14.3 Å². The summed E-state index contributed by atoms with van der Waals surface area (Å²) in [6, 6.07) is 5.41. The molecule has 1 heterocycles. The Kier molecular flexibility index (Phi) is 3.78. The van der Waals surface area contributed by atoms with Crippen LogP contribution in [0.4, 0.5) is 0 Å². The second-order valence-electron chi connectivity index (χ2n) is 5.39. The summed E-state index contributed by atoms with van der Waals surface area (Å²) in [5.74, 6) is 1.24. The number of benzene rings is 1. The van der Waals surface area contributed by atoms with Crippen LogP contribution in [-0.2, 0) is 0 Å². The number of ether oxygens (including phenoxy) is 2. The van der Waals surface area contributed by atoms with Crippen LogP contribution in [0.15, 0.2) is 18.2 Å². The SMILES string of the molecule is NC1CCCCC1NC(=O)c1ccc2c(c1)OCCO2. The van der Waals surface area contributed by atoms with E-state index in [1.54, 1.807) is 18.2 Å². The fourth-order valence-electron chi connectivity index (χ4n) is 2.78. The number of nitrogens with one attached hydrogen (secondary N) is 1. The van der Waals surface area contributed by atoms with E-state index in [0.717, 1.165) is 25.7 Å². The Morgan fingerprint density at radius 2 is 1.90 bits per heavy atom. The highest BCUT2D eigenvalue weighted by atomic mass is 16.6. The van der Waals surface area contributed by atoms with E-state index in [9.17, 15) is 4.79 Å². The van der Waals surface area contributed by atoms with E-state index in [1.807, 2.05) is 0 Å². The minimum atomic E-state index is -0.0932. The van der Waals surface area contributed by atoms with Crippen LogP contribution < -0.4 is 20.5 Å². The molecule has 3 rings (SSSR count). The van der Waals surface area contributed by atoms with Gasteiger partial charge in [-0.25, -0.2) is 0 Å². The van der Waals surface area contributed by atoms with E-state index in [-0.39, 0.29) is 18.0 Å². The first kappa shape index (κ1) is 13.2. The molecule has 1 fully saturated rings. The van der Waals surface area contributed by atoms with Gasteiger partial charge in [-0.15, -0.1) is 0 Å². The summed E-state index contributed by atoms with van der Waals surface area (Å²) < 4.78 is 10.9. The van der Waals surface area contributed by atoms with Crippen LogP contribution in [0.5, 0.6) is 11.5 Å². The van der Waals surface area contributed by atoms with Crippen molar-refractivity contribution in [3.05, 3.63) is 23.8 Å². The fraction of sp³-hybridized carbons (Fsp3) is 0.533.